The number of nitrogens with zero attached hydrogens (tertiary/aromatic N) is 3. The van der Waals surface area contributed by atoms with Gasteiger partial charge in [-0.2, -0.15) is 0 Å². The van der Waals surface area contributed by atoms with Gasteiger partial charge in [-0.15, -0.1) is 0 Å². The van der Waals surface area contributed by atoms with Gasteiger partial charge in [0.15, 0.2) is 0 Å². The van der Waals surface area contributed by atoms with Crippen molar-refractivity contribution in [1.29, 1.82) is 0 Å². The number of imide groups is 1. The van der Waals surface area contributed by atoms with Crippen LogP contribution in [0.15, 0.2) is 54.6 Å². The fraction of sp³-hybridized carbons (Fsp3) is 0.348. The summed E-state index contributed by atoms with van der Waals surface area (Å²) < 4.78 is 5.43. The molecule has 7 nitrogen and oxygen atoms in total. The maximum atomic E-state index is 13.0. The molecule has 1 atom stereocenters. The highest BCUT2D eigenvalue weighted by Gasteiger charge is 2.43. The molecule has 2 fully saturated rings. The van der Waals surface area contributed by atoms with E-state index in [1.54, 1.807) is 29.2 Å². The summed E-state index contributed by atoms with van der Waals surface area (Å²) in [5, 5.41) is 0. The van der Waals surface area contributed by atoms with Crippen LogP contribution < -0.4 is 9.64 Å². The first-order valence-electron chi connectivity index (χ1n) is 10.3. The first-order chi connectivity index (χ1) is 14.6. The number of benzene rings is 2. The Hall–Kier alpha value is -3.19. The number of carbonyl (C=O) groups excluding carboxylic acids is 3. The van der Waals surface area contributed by atoms with Crippen molar-refractivity contribution in [1.82, 2.24) is 9.80 Å². The van der Waals surface area contributed by atoms with Gasteiger partial charge in [0.1, 0.15) is 5.75 Å². The molecule has 2 aromatic rings. The molecule has 0 aliphatic carbocycles. The van der Waals surface area contributed by atoms with E-state index in [0.717, 1.165) is 0 Å². The van der Waals surface area contributed by atoms with Gasteiger partial charge in [-0.05, 0) is 43.3 Å². The highest BCUT2D eigenvalue weighted by molar-refractivity contribution is 6.22. The molecule has 0 radical (unpaired) electrons. The summed E-state index contributed by atoms with van der Waals surface area (Å²) in [6.07, 6.45) is 0.165. The lowest BCUT2D eigenvalue weighted by Gasteiger charge is -2.37. The van der Waals surface area contributed by atoms with E-state index in [9.17, 15) is 14.4 Å². The van der Waals surface area contributed by atoms with Gasteiger partial charge in [-0.3, -0.25) is 19.3 Å². The van der Waals surface area contributed by atoms with Crippen LogP contribution >= 0.6 is 0 Å². The third-order valence-electron chi connectivity index (χ3n) is 5.59. The SMILES string of the molecule is CCOc1ccc(N2C(=O)CC(N3CCN(C(=O)c4ccccc4)CC3)C2=O)cc1. The van der Waals surface area contributed by atoms with E-state index >= 15 is 0 Å². The molecule has 2 aromatic carbocycles. The third-order valence-corrected chi connectivity index (χ3v) is 5.59. The number of hydrogen-bond donors (Lipinski definition) is 0. The van der Waals surface area contributed by atoms with Crippen LogP contribution in [0, 0.1) is 0 Å². The Morgan fingerprint density at radius 3 is 2.27 bits per heavy atom. The van der Waals surface area contributed by atoms with Crippen molar-refractivity contribution >= 4 is 23.4 Å². The molecule has 0 aromatic heterocycles. The number of piperazine rings is 1. The van der Waals surface area contributed by atoms with E-state index in [2.05, 4.69) is 0 Å². The molecule has 2 aliphatic rings. The Bertz CT molecular complexity index is 921. The lowest BCUT2D eigenvalue weighted by molar-refractivity contribution is -0.123. The zero-order valence-electron chi connectivity index (χ0n) is 17.0. The van der Waals surface area contributed by atoms with Gasteiger partial charge >= 0.3 is 0 Å². The average molecular weight is 407 g/mol. The van der Waals surface area contributed by atoms with Crippen LogP contribution in [0.2, 0.25) is 0 Å². The normalized spacial score (nSPS) is 20.0. The topological polar surface area (TPSA) is 70.2 Å². The van der Waals surface area contributed by atoms with Crippen molar-refractivity contribution in [3.05, 3.63) is 60.2 Å². The van der Waals surface area contributed by atoms with Gasteiger partial charge in [0.25, 0.3) is 11.8 Å². The minimum absolute atomic E-state index is 0.0000827. The molecule has 0 bridgehead atoms. The average Bonchev–Trinajstić information content (AvgIpc) is 3.09. The van der Waals surface area contributed by atoms with Gasteiger partial charge in [0.05, 0.1) is 24.8 Å². The van der Waals surface area contributed by atoms with E-state index in [-0.39, 0.29) is 24.1 Å². The number of carbonyl (C=O) groups is 3. The first kappa shape index (κ1) is 20.1. The zero-order chi connectivity index (χ0) is 21.1. The van der Waals surface area contributed by atoms with Crippen molar-refractivity contribution in [2.24, 2.45) is 0 Å². The Balaban J connectivity index is 1.39. The third kappa shape index (κ3) is 3.93. The smallest absolute Gasteiger partial charge is 0.253 e. The van der Waals surface area contributed by atoms with Crippen molar-refractivity contribution in [2.75, 3.05) is 37.7 Å². The fourth-order valence-electron chi connectivity index (χ4n) is 4.03. The van der Waals surface area contributed by atoms with Gasteiger partial charge in [0, 0.05) is 31.7 Å². The number of hydrogen-bond acceptors (Lipinski definition) is 5. The van der Waals surface area contributed by atoms with Crippen LogP contribution in [-0.2, 0) is 9.59 Å². The van der Waals surface area contributed by atoms with Crippen molar-refractivity contribution < 1.29 is 19.1 Å². The van der Waals surface area contributed by atoms with Gasteiger partial charge in [0.2, 0.25) is 5.91 Å². The van der Waals surface area contributed by atoms with Gasteiger partial charge in [-0.1, -0.05) is 18.2 Å². The van der Waals surface area contributed by atoms with Crippen LogP contribution in [0.4, 0.5) is 5.69 Å². The Morgan fingerprint density at radius 2 is 1.63 bits per heavy atom. The van der Waals surface area contributed by atoms with Gasteiger partial charge in [-0.25, -0.2) is 4.90 Å². The molecule has 0 spiro atoms. The van der Waals surface area contributed by atoms with Gasteiger partial charge < -0.3 is 9.64 Å². The summed E-state index contributed by atoms with van der Waals surface area (Å²) in [6, 6.07) is 15.7. The van der Waals surface area contributed by atoms with E-state index in [4.69, 9.17) is 4.74 Å². The molecular weight excluding hydrogens is 382 g/mol. The summed E-state index contributed by atoms with van der Waals surface area (Å²) >= 11 is 0. The van der Waals surface area contributed by atoms with Crippen molar-refractivity contribution in [3.8, 4) is 5.75 Å². The Kier molecular flexibility index (Phi) is 5.81. The molecule has 2 aliphatic heterocycles. The van der Waals surface area contributed by atoms with Crippen molar-refractivity contribution in [3.63, 3.8) is 0 Å². The molecule has 0 N–H and O–H groups in total. The standard InChI is InChI=1S/C23H25N3O4/c1-2-30-19-10-8-18(9-11-19)26-21(27)16-20(23(26)29)24-12-14-25(15-13-24)22(28)17-6-4-3-5-7-17/h3-11,20H,2,12-16H2,1H3. The highest BCUT2D eigenvalue weighted by Crippen LogP contribution is 2.28. The Morgan fingerprint density at radius 1 is 0.967 bits per heavy atom. The molecule has 7 heteroatoms. The van der Waals surface area contributed by atoms with Crippen LogP contribution in [-0.4, -0.2) is 66.3 Å². The summed E-state index contributed by atoms with van der Waals surface area (Å²) in [5.41, 5.74) is 1.23. The second kappa shape index (κ2) is 8.67. The molecule has 4 rings (SSSR count). The fourth-order valence-corrected chi connectivity index (χ4v) is 4.03. The second-order valence-corrected chi connectivity index (χ2v) is 7.41. The first-order valence-corrected chi connectivity index (χ1v) is 10.3. The maximum absolute atomic E-state index is 13.0. The highest BCUT2D eigenvalue weighted by atomic mass is 16.5. The number of amides is 3. The monoisotopic (exact) mass is 407 g/mol. The van der Waals surface area contributed by atoms with Crippen LogP contribution in [0.25, 0.3) is 0 Å². The molecule has 3 amide bonds. The quantitative estimate of drug-likeness (QED) is 0.711. The maximum Gasteiger partial charge on any atom is 0.253 e. The molecule has 156 valence electrons. The number of rotatable bonds is 5. The van der Waals surface area contributed by atoms with Crippen LogP contribution in [0.1, 0.15) is 23.7 Å². The molecule has 30 heavy (non-hydrogen) atoms. The molecule has 2 saturated heterocycles. The number of ether oxygens (including phenoxy) is 1. The largest absolute Gasteiger partial charge is 0.494 e. The predicted molar refractivity (Wildman–Crippen MR) is 112 cm³/mol. The lowest BCUT2D eigenvalue weighted by atomic mass is 10.1. The molecule has 2 heterocycles. The van der Waals surface area contributed by atoms with E-state index < -0.39 is 6.04 Å². The Labute approximate surface area is 175 Å². The van der Waals surface area contributed by atoms with Crippen LogP contribution in [0.5, 0.6) is 5.75 Å². The predicted octanol–water partition coefficient (Wildman–Crippen LogP) is 2.18. The van der Waals surface area contributed by atoms with E-state index in [1.165, 1.54) is 4.90 Å². The van der Waals surface area contributed by atoms with Crippen molar-refractivity contribution in [2.45, 2.75) is 19.4 Å². The zero-order valence-corrected chi connectivity index (χ0v) is 17.0. The summed E-state index contributed by atoms with van der Waals surface area (Å²) in [7, 11) is 0. The van der Waals surface area contributed by atoms with E-state index in [1.807, 2.05) is 42.2 Å². The number of anilines is 1. The van der Waals surface area contributed by atoms with Crippen LogP contribution in [0.3, 0.4) is 0 Å². The minimum Gasteiger partial charge on any atom is -0.494 e. The second-order valence-electron chi connectivity index (χ2n) is 7.41. The summed E-state index contributed by atoms with van der Waals surface area (Å²) in [5.74, 6) is 0.306. The van der Waals surface area contributed by atoms with E-state index in [0.29, 0.717) is 49.8 Å². The summed E-state index contributed by atoms with van der Waals surface area (Å²) in [4.78, 5) is 43.3. The minimum atomic E-state index is -0.474. The lowest BCUT2D eigenvalue weighted by Crippen LogP contribution is -2.53. The molecule has 1 unspecified atom stereocenters. The molecular formula is C23H25N3O4. The molecule has 0 saturated carbocycles. The summed E-state index contributed by atoms with van der Waals surface area (Å²) in [6.45, 7) is 4.67.